The van der Waals surface area contributed by atoms with Crippen LogP contribution < -0.4 is 45.3 Å². The maximum atomic E-state index is 11.7. The molecule has 0 heterocycles. The monoisotopic (exact) mass is 664 g/mol. The van der Waals surface area contributed by atoms with Crippen LogP contribution in [-0.2, 0) is 9.59 Å². The average molecular weight is 664 g/mol. The molecule has 10 heteroatoms. The van der Waals surface area contributed by atoms with Gasteiger partial charge in [-0.1, -0.05) is 13.8 Å². The van der Waals surface area contributed by atoms with E-state index >= 15 is 0 Å². The Kier molecular flexibility index (Phi) is 11.1. The van der Waals surface area contributed by atoms with E-state index < -0.39 is 5.97 Å². The SMILES string of the molecule is CCC(=O)Nc1c(I)c(NC(=O)CC)c(I)c(C(=O)[O-])c1I.[Na+]. The van der Waals surface area contributed by atoms with E-state index in [1.54, 1.807) is 13.8 Å². The quantitative estimate of drug-likeness (QED) is 0.330. The zero-order chi connectivity index (χ0) is 17.0. The molecular formula is C13H12I3N2NaO4. The number of benzene rings is 1. The second-order valence-electron chi connectivity index (χ2n) is 4.16. The Morgan fingerprint density at radius 2 is 1.22 bits per heavy atom. The Balaban J connectivity index is 0.00000484. The minimum absolute atomic E-state index is 0. The number of amides is 2. The van der Waals surface area contributed by atoms with Gasteiger partial charge >= 0.3 is 29.6 Å². The summed E-state index contributed by atoms with van der Waals surface area (Å²) in [5.74, 6) is -1.84. The molecule has 0 saturated carbocycles. The van der Waals surface area contributed by atoms with Crippen molar-refractivity contribution in [1.82, 2.24) is 0 Å². The molecule has 23 heavy (non-hydrogen) atoms. The van der Waals surface area contributed by atoms with Crippen molar-refractivity contribution in [3.63, 3.8) is 0 Å². The smallest absolute Gasteiger partial charge is 0.545 e. The van der Waals surface area contributed by atoms with Crippen molar-refractivity contribution in [1.29, 1.82) is 0 Å². The number of carboxylic acid groups (broad SMARTS) is 1. The van der Waals surface area contributed by atoms with Crippen LogP contribution in [0.5, 0.6) is 0 Å². The Hall–Kier alpha value is 0.820. The first-order valence-corrected chi connectivity index (χ1v) is 9.49. The van der Waals surface area contributed by atoms with E-state index in [4.69, 9.17) is 0 Å². The molecule has 0 atom stereocenters. The van der Waals surface area contributed by atoms with Gasteiger partial charge in [0.1, 0.15) is 0 Å². The predicted octanol–water partition coefficient (Wildman–Crippen LogP) is -0.435. The van der Waals surface area contributed by atoms with Gasteiger partial charge in [0.2, 0.25) is 11.8 Å². The van der Waals surface area contributed by atoms with E-state index in [-0.39, 0.29) is 59.8 Å². The van der Waals surface area contributed by atoms with Crippen molar-refractivity contribution in [2.75, 3.05) is 10.6 Å². The largest absolute Gasteiger partial charge is 1.00 e. The summed E-state index contributed by atoms with van der Waals surface area (Å²) < 4.78 is 1.34. The van der Waals surface area contributed by atoms with E-state index in [9.17, 15) is 19.5 Å². The van der Waals surface area contributed by atoms with Gasteiger partial charge in [-0.15, -0.1) is 0 Å². The molecule has 1 rings (SSSR count). The number of halogens is 3. The van der Waals surface area contributed by atoms with E-state index in [0.29, 0.717) is 22.1 Å². The molecule has 2 N–H and O–H groups in total. The van der Waals surface area contributed by atoms with E-state index in [1.165, 1.54) is 0 Å². The van der Waals surface area contributed by atoms with Crippen LogP contribution in [0.4, 0.5) is 11.4 Å². The summed E-state index contributed by atoms with van der Waals surface area (Å²) in [7, 11) is 0. The summed E-state index contributed by atoms with van der Waals surface area (Å²) in [5, 5.41) is 16.8. The van der Waals surface area contributed by atoms with Crippen molar-refractivity contribution < 1.29 is 49.0 Å². The standard InChI is InChI=1S/C13H13I3N2O4.Na/c1-3-5(19)17-11-8(14)7(13(21)22)9(15)12(10(11)16)18-6(20)4-2;/h3-4H2,1-2H3,(H,17,19)(H,18,20)(H,21,22);/q;+1/p-1. The number of hydrogen-bond donors (Lipinski definition) is 2. The van der Waals surface area contributed by atoms with Crippen LogP contribution in [-0.4, -0.2) is 17.8 Å². The molecule has 0 spiro atoms. The zero-order valence-corrected chi connectivity index (χ0v) is 21.2. The fourth-order valence-electron chi connectivity index (χ4n) is 1.52. The van der Waals surface area contributed by atoms with Gasteiger partial charge in [-0.05, 0) is 67.8 Å². The van der Waals surface area contributed by atoms with Crippen molar-refractivity contribution in [3.05, 3.63) is 16.3 Å². The zero-order valence-electron chi connectivity index (χ0n) is 12.7. The maximum absolute atomic E-state index is 11.7. The minimum atomic E-state index is -1.36. The first-order chi connectivity index (χ1) is 10.2. The van der Waals surface area contributed by atoms with Gasteiger partial charge in [-0.3, -0.25) is 9.59 Å². The molecule has 0 saturated heterocycles. The fourth-order valence-corrected chi connectivity index (χ4v) is 5.66. The van der Waals surface area contributed by atoms with Gasteiger partial charge in [0, 0.05) is 25.5 Å². The summed E-state index contributed by atoms with van der Waals surface area (Å²) in [6, 6.07) is 0. The average Bonchev–Trinajstić information content (AvgIpc) is 2.47. The van der Waals surface area contributed by atoms with Crippen LogP contribution in [0.15, 0.2) is 0 Å². The minimum Gasteiger partial charge on any atom is -0.545 e. The molecule has 0 aliphatic heterocycles. The van der Waals surface area contributed by atoms with Gasteiger partial charge in [0.25, 0.3) is 0 Å². The van der Waals surface area contributed by atoms with Gasteiger partial charge in [0.05, 0.1) is 20.9 Å². The van der Waals surface area contributed by atoms with Crippen LogP contribution in [0, 0.1) is 10.7 Å². The Labute approximate surface area is 197 Å². The molecule has 0 bridgehead atoms. The number of rotatable bonds is 5. The third-order valence-corrected chi connectivity index (χ3v) is 5.93. The summed E-state index contributed by atoms with van der Waals surface area (Å²) in [6.07, 6.45) is 0.519. The maximum Gasteiger partial charge on any atom is 1.00 e. The van der Waals surface area contributed by atoms with Crippen LogP contribution in [0.2, 0.25) is 0 Å². The number of carboxylic acids is 1. The molecule has 120 valence electrons. The predicted molar refractivity (Wildman–Crippen MR) is 107 cm³/mol. The van der Waals surface area contributed by atoms with Gasteiger partial charge in [-0.2, -0.15) is 0 Å². The first kappa shape index (κ1) is 23.8. The third kappa shape index (κ3) is 5.94. The Morgan fingerprint density at radius 1 is 0.870 bits per heavy atom. The topological polar surface area (TPSA) is 98.3 Å². The van der Waals surface area contributed by atoms with Crippen LogP contribution in [0.25, 0.3) is 0 Å². The van der Waals surface area contributed by atoms with Crippen LogP contribution in [0.1, 0.15) is 37.0 Å². The van der Waals surface area contributed by atoms with Crippen LogP contribution in [0.3, 0.4) is 0 Å². The van der Waals surface area contributed by atoms with Crippen molar-refractivity contribution >= 4 is 96.9 Å². The first-order valence-electron chi connectivity index (χ1n) is 6.25. The summed E-state index contributed by atoms with van der Waals surface area (Å²) in [4.78, 5) is 34.8. The number of carbonyl (C=O) groups excluding carboxylic acids is 3. The molecule has 0 aromatic heterocycles. The van der Waals surface area contributed by atoms with Crippen molar-refractivity contribution in [3.8, 4) is 0 Å². The Morgan fingerprint density at radius 3 is 1.48 bits per heavy atom. The molecule has 0 aliphatic carbocycles. The molecule has 0 unspecified atom stereocenters. The van der Waals surface area contributed by atoms with E-state index in [0.717, 1.165) is 0 Å². The van der Waals surface area contributed by atoms with Gasteiger partial charge in [0.15, 0.2) is 0 Å². The normalized spacial score (nSPS) is 9.78. The summed E-state index contributed by atoms with van der Waals surface area (Å²) in [5.41, 5.74) is 0.706. The molecule has 0 radical (unpaired) electrons. The summed E-state index contributed by atoms with van der Waals surface area (Å²) in [6.45, 7) is 3.39. The molecule has 1 aromatic rings. The van der Waals surface area contributed by atoms with Gasteiger partial charge in [-0.25, -0.2) is 0 Å². The number of aromatic carboxylic acids is 1. The number of hydrogen-bond acceptors (Lipinski definition) is 4. The molecule has 1 aromatic carbocycles. The number of anilines is 2. The molecular weight excluding hydrogens is 652 g/mol. The van der Waals surface area contributed by atoms with E-state index in [2.05, 4.69) is 10.6 Å². The fraction of sp³-hybridized carbons (Fsp3) is 0.308. The van der Waals surface area contributed by atoms with Crippen LogP contribution >= 0.6 is 67.8 Å². The molecule has 0 aliphatic rings. The number of carbonyl (C=O) groups is 3. The van der Waals surface area contributed by atoms with Gasteiger partial charge < -0.3 is 20.5 Å². The number of nitrogens with one attached hydrogen (secondary N) is 2. The second kappa shape index (κ2) is 10.7. The second-order valence-corrected chi connectivity index (χ2v) is 7.39. The van der Waals surface area contributed by atoms with E-state index in [1.807, 2.05) is 67.8 Å². The molecule has 6 nitrogen and oxygen atoms in total. The summed E-state index contributed by atoms with van der Waals surface area (Å²) >= 11 is 5.70. The molecule has 0 fully saturated rings. The van der Waals surface area contributed by atoms with Crippen molar-refractivity contribution in [2.45, 2.75) is 26.7 Å². The van der Waals surface area contributed by atoms with Crippen molar-refractivity contribution in [2.24, 2.45) is 0 Å². The third-order valence-electron chi connectivity index (χ3n) is 2.69. The Bertz CT molecular complexity index is 608. The molecule has 2 amide bonds.